The summed E-state index contributed by atoms with van der Waals surface area (Å²) < 4.78 is 15.0. The molecule has 1 saturated heterocycles. The average Bonchev–Trinajstić information content (AvgIpc) is 3.25. The lowest BCUT2D eigenvalue weighted by atomic mass is 10.1. The van der Waals surface area contributed by atoms with E-state index < -0.39 is 0 Å². The quantitative estimate of drug-likeness (QED) is 0.669. The van der Waals surface area contributed by atoms with Gasteiger partial charge < -0.3 is 9.88 Å². The van der Waals surface area contributed by atoms with E-state index in [1.807, 2.05) is 4.57 Å². The van der Waals surface area contributed by atoms with Gasteiger partial charge >= 0.3 is 0 Å². The summed E-state index contributed by atoms with van der Waals surface area (Å²) in [4.78, 5) is 17.7. The summed E-state index contributed by atoms with van der Waals surface area (Å²) >= 11 is 0. The van der Waals surface area contributed by atoms with E-state index in [-0.39, 0.29) is 17.8 Å². The molecular formula is C24H27FN6O. The number of fused-ring (bicyclic) bond motifs is 3. The van der Waals surface area contributed by atoms with Crippen molar-refractivity contribution >= 4 is 5.91 Å². The minimum Gasteiger partial charge on any atom is -0.345 e. The minimum atomic E-state index is -0.292. The van der Waals surface area contributed by atoms with Gasteiger partial charge in [-0.1, -0.05) is 42.0 Å². The van der Waals surface area contributed by atoms with Crippen LogP contribution in [0.15, 0.2) is 48.5 Å². The van der Waals surface area contributed by atoms with Crippen LogP contribution < -0.4 is 5.32 Å². The van der Waals surface area contributed by atoms with Crippen molar-refractivity contribution in [2.45, 2.75) is 32.6 Å². The first-order valence-corrected chi connectivity index (χ1v) is 11.0. The molecule has 0 saturated carbocycles. The largest absolute Gasteiger partial charge is 0.345 e. The number of hydrogen-bond donors (Lipinski definition) is 1. The highest BCUT2D eigenvalue weighted by Crippen LogP contribution is 2.29. The Morgan fingerprint density at radius 2 is 1.72 bits per heavy atom. The second-order valence-corrected chi connectivity index (χ2v) is 8.62. The molecule has 3 heterocycles. The summed E-state index contributed by atoms with van der Waals surface area (Å²) in [6.45, 7) is 7.78. The zero-order valence-corrected chi connectivity index (χ0v) is 18.2. The van der Waals surface area contributed by atoms with Crippen molar-refractivity contribution in [1.29, 1.82) is 0 Å². The number of carbonyl (C=O) groups excluding carboxylic acids is 1. The first-order chi connectivity index (χ1) is 15.6. The Hall–Kier alpha value is -3.10. The van der Waals surface area contributed by atoms with Gasteiger partial charge in [0, 0.05) is 45.8 Å². The summed E-state index contributed by atoms with van der Waals surface area (Å²) in [5.74, 6) is 0.656. The Morgan fingerprint density at radius 3 is 2.50 bits per heavy atom. The molecule has 0 bridgehead atoms. The number of piperazine rings is 1. The molecule has 0 aliphatic carbocycles. The van der Waals surface area contributed by atoms with Crippen LogP contribution in [0.5, 0.6) is 0 Å². The molecule has 32 heavy (non-hydrogen) atoms. The number of aromatic nitrogens is 3. The van der Waals surface area contributed by atoms with Gasteiger partial charge in [-0.15, -0.1) is 10.2 Å². The van der Waals surface area contributed by atoms with Crippen LogP contribution in [0.25, 0.3) is 0 Å². The molecule has 2 aromatic carbocycles. The molecule has 0 spiro atoms. The van der Waals surface area contributed by atoms with Crippen molar-refractivity contribution in [2.75, 3.05) is 26.2 Å². The van der Waals surface area contributed by atoms with Crippen LogP contribution in [0.2, 0.25) is 0 Å². The predicted octanol–water partition coefficient (Wildman–Crippen LogP) is 2.53. The van der Waals surface area contributed by atoms with E-state index in [9.17, 15) is 9.18 Å². The zero-order chi connectivity index (χ0) is 22.1. The van der Waals surface area contributed by atoms with Crippen LogP contribution in [0, 0.1) is 12.7 Å². The molecule has 5 rings (SSSR count). The molecule has 8 heteroatoms. The Labute approximate surface area is 186 Å². The molecule has 1 fully saturated rings. The van der Waals surface area contributed by atoms with Gasteiger partial charge in [0.25, 0.3) is 5.91 Å². The Kier molecular flexibility index (Phi) is 5.71. The summed E-state index contributed by atoms with van der Waals surface area (Å²) in [5.41, 5.74) is 3.41. The molecular weight excluding hydrogens is 407 g/mol. The van der Waals surface area contributed by atoms with Gasteiger partial charge in [-0.05, 0) is 30.2 Å². The van der Waals surface area contributed by atoms with Gasteiger partial charge in [-0.3, -0.25) is 14.6 Å². The number of hydrogen-bond acceptors (Lipinski definition) is 5. The van der Waals surface area contributed by atoms with Crippen molar-refractivity contribution in [3.8, 4) is 0 Å². The van der Waals surface area contributed by atoms with Crippen LogP contribution in [-0.4, -0.2) is 56.7 Å². The number of halogens is 1. The number of amides is 1. The number of nitrogens with one attached hydrogen (secondary N) is 1. The summed E-state index contributed by atoms with van der Waals surface area (Å²) in [6, 6.07) is 14.9. The standard InChI is InChI=1S/C24H27FN6O/c1-17-2-4-19(5-3-17)15-29-10-11-30-12-13-31-22(21(30)16-29)27-28-23(31)24(32)26-14-18-6-8-20(25)9-7-18/h2-9,21H,10-16H2,1H3,(H,26,32)/t21-/m0/s1. The first-order valence-electron chi connectivity index (χ1n) is 11.0. The number of nitrogens with zero attached hydrogens (tertiary/aromatic N) is 5. The molecule has 0 unspecified atom stereocenters. The van der Waals surface area contributed by atoms with Gasteiger partial charge in [-0.25, -0.2) is 4.39 Å². The third-order valence-corrected chi connectivity index (χ3v) is 6.36. The molecule has 166 valence electrons. The normalized spacial score (nSPS) is 18.8. The van der Waals surface area contributed by atoms with E-state index in [1.54, 1.807) is 12.1 Å². The number of benzene rings is 2. The summed E-state index contributed by atoms with van der Waals surface area (Å²) in [5, 5.41) is 11.5. The van der Waals surface area contributed by atoms with E-state index in [4.69, 9.17) is 0 Å². The smallest absolute Gasteiger partial charge is 0.289 e. The van der Waals surface area contributed by atoms with Crippen molar-refractivity contribution in [3.63, 3.8) is 0 Å². The predicted molar refractivity (Wildman–Crippen MR) is 118 cm³/mol. The lowest BCUT2D eigenvalue weighted by molar-refractivity contribution is 0.0458. The van der Waals surface area contributed by atoms with E-state index >= 15 is 0 Å². The first kappa shape index (κ1) is 20.8. The van der Waals surface area contributed by atoms with Gasteiger partial charge in [0.2, 0.25) is 5.82 Å². The van der Waals surface area contributed by atoms with Crippen LogP contribution in [-0.2, 0) is 19.6 Å². The fraction of sp³-hybridized carbons (Fsp3) is 0.375. The minimum absolute atomic E-state index is 0.133. The Balaban J connectivity index is 1.27. The van der Waals surface area contributed by atoms with Crippen molar-refractivity contribution < 1.29 is 9.18 Å². The van der Waals surface area contributed by atoms with Crippen molar-refractivity contribution in [3.05, 3.63) is 82.7 Å². The molecule has 0 radical (unpaired) electrons. The number of aryl methyl sites for hydroxylation is 1. The number of rotatable bonds is 5. The summed E-state index contributed by atoms with van der Waals surface area (Å²) in [7, 11) is 0. The third kappa shape index (κ3) is 4.28. The van der Waals surface area contributed by atoms with E-state index in [2.05, 4.69) is 56.5 Å². The van der Waals surface area contributed by atoms with E-state index in [0.717, 1.165) is 44.1 Å². The Morgan fingerprint density at radius 1 is 1.00 bits per heavy atom. The zero-order valence-electron chi connectivity index (χ0n) is 18.2. The highest BCUT2D eigenvalue weighted by Gasteiger charge is 2.36. The molecule has 1 amide bonds. The van der Waals surface area contributed by atoms with Crippen molar-refractivity contribution in [1.82, 2.24) is 29.9 Å². The second-order valence-electron chi connectivity index (χ2n) is 8.62. The molecule has 2 aliphatic rings. The second kappa shape index (κ2) is 8.80. The Bertz CT molecular complexity index is 1090. The monoisotopic (exact) mass is 434 g/mol. The van der Waals surface area contributed by atoms with Crippen LogP contribution >= 0.6 is 0 Å². The van der Waals surface area contributed by atoms with E-state index in [1.165, 1.54) is 23.3 Å². The third-order valence-electron chi connectivity index (χ3n) is 6.36. The maximum Gasteiger partial charge on any atom is 0.289 e. The molecule has 1 N–H and O–H groups in total. The lowest BCUT2D eigenvalue weighted by Gasteiger charge is -2.43. The molecule has 1 atom stereocenters. The van der Waals surface area contributed by atoms with Gasteiger partial charge in [0.1, 0.15) is 5.82 Å². The van der Waals surface area contributed by atoms with Crippen LogP contribution in [0.4, 0.5) is 4.39 Å². The van der Waals surface area contributed by atoms with Gasteiger partial charge in [-0.2, -0.15) is 0 Å². The summed E-state index contributed by atoms with van der Waals surface area (Å²) in [6.07, 6.45) is 0. The SMILES string of the molecule is Cc1ccc(CN2CCN3CCn4c(C(=O)NCc5ccc(F)cc5)nnc4[C@@H]3C2)cc1. The maximum absolute atomic E-state index is 13.1. The molecule has 7 nitrogen and oxygen atoms in total. The molecule has 3 aromatic rings. The molecule has 1 aromatic heterocycles. The average molecular weight is 435 g/mol. The molecule has 2 aliphatic heterocycles. The van der Waals surface area contributed by atoms with Crippen LogP contribution in [0.3, 0.4) is 0 Å². The lowest BCUT2D eigenvalue weighted by Crippen LogP contribution is -2.52. The van der Waals surface area contributed by atoms with Gasteiger partial charge in [0.05, 0.1) is 6.04 Å². The van der Waals surface area contributed by atoms with Gasteiger partial charge in [0.15, 0.2) is 5.82 Å². The fourth-order valence-electron chi connectivity index (χ4n) is 4.53. The van der Waals surface area contributed by atoms with Crippen LogP contribution in [0.1, 0.15) is 39.2 Å². The maximum atomic E-state index is 13.1. The fourth-order valence-corrected chi connectivity index (χ4v) is 4.53. The highest BCUT2D eigenvalue weighted by atomic mass is 19.1. The van der Waals surface area contributed by atoms with E-state index in [0.29, 0.717) is 18.9 Å². The highest BCUT2D eigenvalue weighted by molar-refractivity contribution is 5.90. The number of carbonyl (C=O) groups is 1. The van der Waals surface area contributed by atoms with Crippen molar-refractivity contribution in [2.24, 2.45) is 0 Å². The topological polar surface area (TPSA) is 66.3 Å².